The third-order valence-corrected chi connectivity index (χ3v) is 12.2. The van der Waals surface area contributed by atoms with E-state index in [9.17, 15) is 29.1 Å². The first-order valence-corrected chi connectivity index (χ1v) is 18.2. The highest BCUT2D eigenvalue weighted by Gasteiger charge is 2.69. The van der Waals surface area contributed by atoms with Gasteiger partial charge in [-0.25, -0.2) is 4.79 Å². The minimum Gasteiger partial charge on any atom is -0.508 e. The molecule has 48 heavy (non-hydrogen) atoms. The van der Waals surface area contributed by atoms with E-state index >= 15 is 0 Å². The number of Topliss-reactive ketones (excluding diaryl/α,β-unsaturated/α-hetero) is 1. The molecule has 6 N–H and O–H groups in total. The molecular formula is C37H53N5O6. The molecule has 1 aliphatic heterocycles. The van der Waals surface area contributed by atoms with Gasteiger partial charge < -0.3 is 31.7 Å². The van der Waals surface area contributed by atoms with Crippen molar-refractivity contribution >= 4 is 29.5 Å². The summed E-state index contributed by atoms with van der Waals surface area (Å²) in [7, 11) is 0. The van der Waals surface area contributed by atoms with E-state index in [1.54, 1.807) is 17.0 Å². The Bertz CT molecular complexity index is 1410. The van der Waals surface area contributed by atoms with Crippen molar-refractivity contribution in [3.05, 3.63) is 29.8 Å². The zero-order valence-electron chi connectivity index (χ0n) is 28.5. The average Bonchev–Trinajstić information content (AvgIpc) is 3.91. The average molecular weight is 664 g/mol. The molecule has 0 aromatic heterocycles. The van der Waals surface area contributed by atoms with Crippen LogP contribution in [0.1, 0.15) is 103 Å². The number of hydrogen-bond donors (Lipinski definition) is 5. The number of likely N-dealkylation sites (tertiary alicyclic amines) is 1. The number of nitrogens with one attached hydrogen (secondary N) is 3. The molecule has 1 aromatic rings. The van der Waals surface area contributed by atoms with E-state index in [0.717, 1.165) is 82.6 Å². The second kappa shape index (κ2) is 13.7. The number of benzene rings is 1. The van der Waals surface area contributed by atoms with Crippen molar-refractivity contribution in [1.82, 2.24) is 20.9 Å². The summed E-state index contributed by atoms with van der Waals surface area (Å²) in [5, 5.41) is 19.3. The van der Waals surface area contributed by atoms with Gasteiger partial charge in [-0.2, -0.15) is 0 Å². The van der Waals surface area contributed by atoms with Crippen LogP contribution in [-0.2, 0) is 25.6 Å². The summed E-state index contributed by atoms with van der Waals surface area (Å²) in [4.78, 5) is 68.8. The van der Waals surface area contributed by atoms with Gasteiger partial charge in [0.15, 0.2) is 0 Å². The fraction of sp³-hybridized carbons (Fsp3) is 0.703. The quantitative estimate of drug-likeness (QED) is 0.214. The van der Waals surface area contributed by atoms with Gasteiger partial charge in [-0.3, -0.25) is 19.2 Å². The molecule has 5 amide bonds. The Morgan fingerprint density at radius 3 is 2.29 bits per heavy atom. The van der Waals surface area contributed by atoms with E-state index in [0.29, 0.717) is 19.4 Å². The molecule has 11 heteroatoms. The van der Waals surface area contributed by atoms with Crippen LogP contribution >= 0.6 is 0 Å². The van der Waals surface area contributed by atoms with Gasteiger partial charge in [-0.15, -0.1) is 0 Å². The molecule has 1 heterocycles. The van der Waals surface area contributed by atoms with Gasteiger partial charge in [0.1, 0.15) is 17.8 Å². The minimum atomic E-state index is -1.07. The highest BCUT2D eigenvalue weighted by Crippen LogP contribution is 2.65. The Hall–Kier alpha value is -3.63. The molecule has 262 valence electrons. The first-order valence-electron chi connectivity index (χ1n) is 18.2. The van der Waals surface area contributed by atoms with Gasteiger partial charge in [-0.05, 0) is 85.3 Å². The fourth-order valence-electron chi connectivity index (χ4n) is 9.24. The number of piperidine rings is 1. The summed E-state index contributed by atoms with van der Waals surface area (Å²) in [6.45, 7) is 4.60. The van der Waals surface area contributed by atoms with Crippen LogP contribution in [0.2, 0.25) is 0 Å². The number of primary amides is 1. The number of phenols is 1. The van der Waals surface area contributed by atoms with Crippen molar-refractivity contribution in [2.45, 2.75) is 127 Å². The monoisotopic (exact) mass is 663 g/mol. The minimum absolute atomic E-state index is 0.0573. The van der Waals surface area contributed by atoms with Crippen molar-refractivity contribution in [2.24, 2.45) is 34.8 Å². The highest BCUT2D eigenvalue weighted by molar-refractivity contribution is 6.37. The maximum absolute atomic E-state index is 14.6. The van der Waals surface area contributed by atoms with Crippen LogP contribution in [0, 0.1) is 29.1 Å². The number of amides is 5. The van der Waals surface area contributed by atoms with E-state index < -0.39 is 41.3 Å². The van der Waals surface area contributed by atoms with Crippen LogP contribution in [0.5, 0.6) is 5.75 Å². The number of nitrogens with zero attached hydrogens (tertiary/aromatic N) is 1. The van der Waals surface area contributed by atoms with Crippen molar-refractivity contribution in [3.63, 3.8) is 0 Å². The number of nitrogens with two attached hydrogens (primary N) is 1. The zero-order valence-corrected chi connectivity index (χ0v) is 28.5. The standard InChI is InChI=1S/C37H53N5O6/c1-36(2)26-21-42(30(28(26)36)33(46)39-27(19-22-14-15-22)31(44)32(38)45)34(47)29(24-11-5-3-6-12-24)40-35(48)41-37(16-7-4-8-17-37)20-23-10-9-13-25(43)18-23/h9-10,13,18,22,24,26-30,43H,3-8,11-12,14-17,19-21H2,1-2H3,(H2,38,45)(H,39,46)(H2,40,41,48)/t26?,27?,28?,29-,30-/m0/s1. The summed E-state index contributed by atoms with van der Waals surface area (Å²) in [5.74, 6) is -2.13. The normalized spacial score (nSPS) is 27.2. The Morgan fingerprint density at radius 1 is 0.958 bits per heavy atom. The number of carbonyl (C=O) groups excluding carboxylic acids is 5. The van der Waals surface area contributed by atoms with Crippen molar-refractivity contribution in [3.8, 4) is 5.75 Å². The molecule has 0 radical (unpaired) electrons. The van der Waals surface area contributed by atoms with E-state index in [1.165, 1.54) is 0 Å². The van der Waals surface area contributed by atoms with Crippen LogP contribution < -0.4 is 21.7 Å². The smallest absolute Gasteiger partial charge is 0.315 e. The lowest BCUT2D eigenvalue weighted by Crippen LogP contribution is -2.62. The van der Waals surface area contributed by atoms with Gasteiger partial charge >= 0.3 is 6.03 Å². The molecule has 3 unspecified atom stereocenters. The van der Waals surface area contributed by atoms with Gasteiger partial charge in [0.2, 0.25) is 17.6 Å². The number of rotatable bonds is 12. The van der Waals surface area contributed by atoms with E-state index in [2.05, 4.69) is 29.8 Å². The largest absolute Gasteiger partial charge is 0.508 e. The molecule has 1 aromatic carbocycles. The van der Waals surface area contributed by atoms with Crippen molar-refractivity contribution in [2.75, 3.05) is 6.54 Å². The summed E-state index contributed by atoms with van der Waals surface area (Å²) in [6.07, 6.45) is 12.1. The van der Waals surface area contributed by atoms with E-state index in [1.807, 2.05) is 12.1 Å². The molecule has 4 aliphatic carbocycles. The van der Waals surface area contributed by atoms with Crippen molar-refractivity contribution in [1.29, 1.82) is 0 Å². The molecule has 0 spiro atoms. The lowest BCUT2D eigenvalue weighted by Gasteiger charge is -2.40. The second-order valence-electron chi connectivity index (χ2n) is 16.0. The van der Waals surface area contributed by atoms with Gasteiger partial charge in [0, 0.05) is 12.1 Å². The fourth-order valence-corrected chi connectivity index (χ4v) is 9.24. The van der Waals surface area contributed by atoms with Gasteiger partial charge in [-0.1, -0.05) is 77.3 Å². The number of carbonyl (C=O) groups is 5. The Kier molecular flexibility index (Phi) is 9.78. The van der Waals surface area contributed by atoms with Crippen molar-refractivity contribution < 1.29 is 29.1 Å². The number of phenolic OH excluding ortho intramolecular Hbond substituents is 1. The van der Waals surface area contributed by atoms with E-state index in [-0.39, 0.29) is 46.8 Å². The second-order valence-corrected chi connectivity index (χ2v) is 16.0. The van der Waals surface area contributed by atoms with Crippen LogP contribution in [-0.4, -0.2) is 69.8 Å². The lowest BCUT2D eigenvalue weighted by atomic mass is 9.77. The Labute approximate surface area is 283 Å². The first-order chi connectivity index (χ1) is 22.9. The zero-order chi connectivity index (χ0) is 34.2. The molecule has 6 rings (SSSR count). The van der Waals surface area contributed by atoms with Gasteiger partial charge in [0.05, 0.1) is 6.04 Å². The molecule has 11 nitrogen and oxygen atoms in total. The maximum Gasteiger partial charge on any atom is 0.315 e. The molecule has 5 atom stereocenters. The maximum atomic E-state index is 14.6. The molecular weight excluding hydrogens is 610 g/mol. The predicted octanol–water partition coefficient (Wildman–Crippen LogP) is 3.71. The summed E-state index contributed by atoms with van der Waals surface area (Å²) < 4.78 is 0. The van der Waals surface area contributed by atoms with Crippen LogP contribution in [0.15, 0.2) is 24.3 Å². The molecule has 5 aliphatic rings. The van der Waals surface area contributed by atoms with Crippen LogP contribution in [0.25, 0.3) is 0 Å². The number of ketones is 1. The number of urea groups is 1. The predicted molar refractivity (Wildman–Crippen MR) is 179 cm³/mol. The van der Waals surface area contributed by atoms with E-state index in [4.69, 9.17) is 5.73 Å². The molecule has 4 saturated carbocycles. The van der Waals surface area contributed by atoms with Crippen LogP contribution in [0.3, 0.4) is 0 Å². The Balaban J connectivity index is 1.21. The molecule has 1 saturated heterocycles. The number of hydrogen-bond acceptors (Lipinski definition) is 6. The SMILES string of the molecule is CC1(C)C2CN(C(=O)[C@@H](NC(=O)NC3(Cc4cccc(O)c4)CCCCC3)C3CCCCC3)[C@H](C(=O)NC(CC3CC3)C(=O)C(N)=O)C21. The molecule has 0 bridgehead atoms. The van der Waals surface area contributed by atoms with Crippen LogP contribution in [0.4, 0.5) is 4.79 Å². The third kappa shape index (κ3) is 7.34. The Morgan fingerprint density at radius 2 is 1.65 bits per heavy atom. The topological polar surface area (TPSA) is 171 Å². The summed E-state index contributed by atoms with van der Waals surface area (Å²) >= 11 is 0. The summed E-state index contributed by atoms with van der Waals surface area (Å²) in [6, 6.07) is 4.16. The number of fused-ring (bicyclic) bond motifs is 1. The third-order valence-electron chi connectivity index (χ3n) is 12.2. The first kappa shape index (κ1) is 34.2. The summed E-state index contributed by atoms with van der Waals surface area (Å²) in [5.41, 5.74) is 5.65. The lowest BCUT2D eigenvalue weighted by molar-refractivity contribution is -0.144. The molecule has 5 fully saturated rings. The van der Waals surface area contributed by atoms with Gasteiger partial charge in [0.25, 0.3) is 5.91 Å². The number of aromatic hydroxyl groups is 1. The highest BCUT2D eigenvalue weighted by atomic mass is 16.3.